The van der Waals surface area contributed by atoms with E-state index in [-0.39, 0.29) is 5.63 Å². The van der Waals surface area contributed by atoms with E-state index in [1.807, 2.05) is 84.9 Å². The van der Waals surface area contributed by atoms with Gasteiger partial charge in [-0.3, -0.25) is 0 Å². The van der Waals surface area contributed by atoms with Crippen molar-refractivity contribution in [2.24, 2.45) is 9.98 Å². The van der Waals surface area contributed by atoms with E-state index >= 15 is 0 Å². The van der Waals surface area contributed by atoms with Crippen LogP contribution in [0.3, 0.4) is 0 Å². The predicted octanol–water partition coefficient (Wildman–Crippen LogP) is 8.29. The van der Waals surface area contributed by atoms with Gasteiger partial charge in [0.15, 0.2) is 5.84 Å². The summed E-state index contributed by atoms with van der Waals surface area (Å²) in [7, 11) is 0. The Morgan fingerprint density at radius 1 is 0.575 bits per heavy atom. The molecule has 6 aromatic rings. The number of hydrogen-bond acceptors (Lipinski definition) is 4. The Kier molecular flexibility index (Phi) is 5.98. The lowest BCUT2D eigenvalue weighted by Crippen LogP contribution is -2.05. The molecule has 4 heteroatoms. The second-order valence-electron chi connectivity index (χ2n) is 9.71. The molecule has 190 valence electrons. The molecule has 0 bridgehead atoms. The summed E-state index contributed by atoms with van der Waals surface area (Å²) in [5.74, 6) is 0.657. The molecule has 0 unspecified atom stereocenters. The van der Waals surface area contributed by atoms with Gasteiger partial charge in [0.2, 0.25) is 0 Å². The second kappa shape index (κ2) is 10.1. The van der Waals surface area contributed by atoms with Gasteiger partial charge in [-0.25, -0.2) is 14.8 Å². The van der Waals surface area contributed by atoms with E-state index in [0.717, 1.165) is 50.0 Å². The summed E-state index contributed by atoms with van der Waals surface area (Å²) < 4.78 is 5.72. The van der Waals surface area contributed by atoms with Crippen LogP contribution < -0.4 is 5.63 Å². The molecule has 0 radical (unpaired) electrons. The van der Waals surface area contributed by atoms with Crippen molar-refractivity contribution in [3.05, 3.63) is 161 Å². The van der Waals surface area contributed by atoms with E-state index in [9.17, 15) is 4.79 Å². The Labute approximate surface area is 231 Å². The highest BCUT2D eigenvalue weighted by molar-refractivity contribution is 6.16. The first-order chi connectivity index (χ1) is 19.7. The molecule has 0 spiro atoms. The summed E-state index contributed by atoms with van der Waals surface area (Å²) >= 11 is 0. The van der Waals surface area contributed by atoms with Gasteiger partial charge in [0.25, 0.3) is 0 Å². The number of nitrogens with zero attached hydrogens (tertiary/aromatic N) is 2. The summed E-state index contributed by atoms with van der Waals surface area (Å²) in [5.41, 5.74) is 7.12. The molecule has 4 nitrogen and oxygen atoms in total. The van der Waals surface area contributed by atoms with E-state index < -0.39 is 0 Å². The van der Waals surface area contributed by atoms with Crippen LogP contribution >= 0.6 is 0 Å². The topological polar surface area (TPSA) is 54.9 Å². The maximum atomic E-state index is 12.6. The van der Waals surface area contributed by atoms with E-state index in [2.05, 4.69) is 48.5 Å². The van der Waals surface area contributed by atoms with Crippen molar-refractivity contribution >= 4 is 39.0 Å². The Bertz CT molecular complexity index is 2040. The fourth-order valence-electron chi connectivity index (χ4n) is 5.28. The zero-order valence-corrected chi connectivity index (χ0v) is 21.6. The Hall–Kier alpha value is -5.35. The van der Waals surface area contributed by atoms with Gasteiger partial charge in [0.1, 0.15) is 5.58 Å². The number of rotatable bonds is 4. The lowest BCUT2D eigenvalue weighted by molar-refractivity contribution is 0.570. The lowest BCUT2D eigenvalue weighted by Gasteiger charge is -2.11. The predicted molar refractivity (Wildman–Crippen MR) is 164 cm³/mol. The molecule has 1 aromatic heterocycles. The molecule has 2 heterocycles. The molecule has 0 N–H and O–H groups in total. The maximum Gasteiger partial charge on any atom is 0.344 e. The third kappa shape index (κ3) is 4.36. The average Bonchev–Trinajstić information content (AvgIpc) is 3.26. The van der Waals surface area contributed by atoms with Crippen LogP contribution in [0.2, 0.25) is 0 Å². The van der Waals surface area contributed by atoms with Crippen LogP contribution in [0, 0.1) is 0 Å². The fourth-order valence-corrected chi connectivity index (χ4v) is 5.28. The van der Waals surface area contributed by atoms with E-state index in [4.69, 9.17) is 14.4 Å². The minimum Gasteiger partial charge on any atom is -0.422 e. The number of aliphatic imine (C=N–C) groups is 2. The van der Waals surface area contributed by atoms with Crippen molar-refractivity contribution in [3.63, 3.8) is 0 Å². The summed E-state index contributed by atoms with van der Waals surface area (Å²) in [6.45, 7) is 0. The average molecular weight is 517 g/mol. The van der Waals surface area contributed by atoms with Crippen molar-refractivity contribution in [2.45, 2.75) is 6.42 Å². The summed E-state index contributed by atoms with van der Waals surface area (Å²) in [6, 6.07) is 42.2. The molecule has 1 aliphatic heterocycles. The zero-order valence-electron chi connectivity index (χ0n) is 21.6. The molecule has 0 amide bonds. The summed E-state index contributed by atoms with van der Waals surface area (Å²) in [6.07, 6.45) is 2.83. The first kappa shape index (κ1) is 23.7. The largest absolute Gasteiger partial charge is 0.422 e. The molecular weight excluding hydrogens is 492 g/mol. The maximum absolute atomic E-state index is 12.6. The van der Waals surface area contributed by atoms with Gasteiger partial charge in [-0.1, -0.05) is 115 Å². The molecule has 0 saturated heterocycles. The first-order valence-corrected chi connectivity index (χ1v) is 13.3. The summed E-state index contributed by atoms with van der Waals surface area (Å²) in [4.78, 5) is 22.8. The zero-order chi connectivity index (χ0) is 26.9. The van der Waals surface area contributed by atoms with Crippen molar-refractivity contribution in [3.8, 4) is 11.1 Å². The minimum atomic E-state index is -0.329. The number of allylic oxidation sites excluding steroid dienone is 1. The van der Waals surface area contributed by atoms with Crippen LogP contribution in [-0.4, -0.2) is 11.5 Å². The Morgan fingerprint density at radius 2 is 1.23 bits per heavy atom. The van der Waals surface area contributed by atoms with Crippen LogP contribution in [0.5, 0.6) is 0 Å². The third-order valence-electron chi connectivity index (χ3n) is 7.21. The number of benzene rings is 5. The highest BCUT2D eigenvalue weighted by Gasteiger charge is 2.16. The van der Waals surface area contributed by atoms with Crippen molar-refractivity contribution < 1.29 is 4.42 Å². The SMILES string of the molecule is O=c1oc2cccc(-c3cccc(C4=NC(c5ccccc5)=CCC(c5ccccc5)=N4)c3)c2c2ccccc12. The monoisotopic (exact) mass is 516 g/mol. The minimum absolute atomic E-state index is 0.329. The van der Waals surface area contributed by atoms with Crippen molar-refractivity contribution in [1.29, 1.82) is 0 Å². The molecule has 0 atom stereocenters. The van der Waals surface area contributed by atoms with Gasteiger partial charge in [0.05, 0.1) is 16.8 Å². The molecular formula is C36H24N2O2. The smallest absolute Gasteiger partial charge is 0.344 e. The number of hydrogen-bond donors (Lipinski definition) is 0. The number of fused-ring (bicyclic) bond motifs is 3. The molecule has 0 fully saturated rings. The first-order valence-electron chi connectivity index (χ1n) is 13.3. The van der Waals surface area contributed by atoms with Gasteiger partial charge in [-0.15, -0.1) is 0 Å². The van der Waals surface area contributed by atoms with E-state index in [1.165, 1.54) is 0 Å². The van der Waals surface area contributed by atoms with Crippen molar-refractivity contribution in [2.75, 3.05) is 0 Å². The number of amidine groups is 1. The van der Waals surface area contributed by atoms with Crippen molar-refractivity contribution in [1.82, 2.24) is 0 Å². The Balaban J connectivity index is 1.41. The van der Waals surface area contributed by atoms with E-state index in [0.29, 0.717) is 23.2 Å². The van der Waals surface area contributed by atoms with E-state index in [1.54, 1.807) is 0 Å². The van der Waals surface area contributed by atoms with Gasteiger partial charge >= 0.3 is 5.63 Å². The van der Waals surface area contributed by atoms with Crippen LogP contribution in [0.15, 0.2) is 153 Å². The normalized spacial score (nSPS) is 13.4. The van der Waals surface area contributed by atoms with Crippen LogP contribution in [-0.2, 0) is 0 Å². The molecule has 0 saturated carbocycles. The lowest BCUT2D eigenvalue weighted by atomic mass is 9.96. The van der Waals surface area contributed by atoms with Gasteiger partial charge in [-0.2, -0.15) is 0 Å². The van der Waals surface area contributed by atoms with Crippen LogP contribution in [0.25, 0.3) is 38.6 Å². The van der Waals surface area contributed by atoms with Crippen LogP contribution in [0.4, 0.5) is 0 Å². The quantitative estimate of drug-likeness (QED) is 0.175. The van der Waals surface area contributed by atoms with Gasteiger partial charge < -0.3 is 4.42 Å². The van der Waals surface area contributed by atoms with Gasteiger partial charge in [0, 0.05) is 22.8 Å². The van der Waals surface area contributed by atoms with Crippen LogP contribution in [0.1, 0.15) is 23.1 Å². The molecule has 1 aliphatic rings. The standard InChI is InChI=1S/C36H24N2O2/c39-36-30-18-8-7-17-29(30)34-28(19-10-20-33(34)40-36)26-15-9-16-27(23-26)35-37-31(24-11-3-1-4-12-24)21-22-32(38-35)25-13-5-2-6-14-25/h1-21,23H,22H2. The molecule has 40 heavy (non-hydrogen) atoms. The second-order valence-corrected chi connectivity index (χ2v) is 9.71. The third-order valence-corrected chi connectivity index (χ3v) is 7.21. The summed E-state index contributed by atoms with van der Waals surface area (Å²) in [5, 5.41) is 2.36. The molecule has 7 rings (SSSR count). The molecule has 5 aromatic carbocycles. The molecule has 0 aliphatic carbocycles. The Morgan fingerprint density at radius 3 is 2.02 bits per heavy atom. The highest BCUT2D eigenvalue weighted by atomic mass is 16.4. The highest BCUT2D eigenvalue weighted by Crippen LogP contribution is 2.34. The fraction of sp³-hybridized carbons (Fsp3) is 0.0278. The van der Waals surface area contributed by atoms with Gasteiger partial charge in [-0.05, 0) is 40.5 Å².